The van der Waals surface area contributed by atoms with Crippen molar-refractivity contribution in [1.29, 1.82) is 0 Å². The number of carbonyl (C=O) groups is 2. The standard InChI is InChI=1S/C15H18Cl2N2O4S/c1-24(22,23)7-6-13(15(21)18-10-3-4-10)19-14(20)11-5-2-9(16)8-12(11)17/h2,5,8,10,13H,3-4,6-7H2,1H3,(H,18,21)(H,19,20)/t13-/m0/s1. The van der Waals surface area contributed by atoms with Gasteiger partial charge in [-0.25, -0.2) is 8.42 Å². The second-order valence-corrected chi connectivity index (χ2v) is 8.96. The zero-order valence-corrected chi connectivity index (χ0v) is 15.3. The van der Waals surface area contributed by atoms with Crippen LogP contribution in [0, 0.1) is 0 Å². The molecule has 9 heteroatoms. The summed E-state index contributed by atoms with van der Waals surface area (Å²) in [5.41, 5.74) is 0.171. The monoisotopic (exact) mass is 392 g/mol. The van der Waals surface area contributed by atoms with Gasteiger partial charge in [0.15, 0.2) is 0 Å². The van der Waals surface area contributed by atoms with E-state index in [1.165, 1.54) is 18.2 Å². The largest absolute Gasteiger partial charge is 0.352 e. The summed E-state index contributed by atoms with van der Waals surface area (Å²) in [5, 5.41) is 5.87. The molecule has 6 nitrogen and oxygen atoms in total. The molecule has 0 aliphatic heterocycles. The summed E-state index contributed by atoms with van der Waals surface area (Å²) in [6.07, 6.45) is 2.86. The van der Waals surface area contributed by atoms with Crippen molar-refractivity contribution in [2.24, 2.45) is 0 Å². The molecule has 0 spiro atoms. The van der Waals surface area contributed by atoms with E-state index in [-0.39, 0.29) is 34.7 Å². The van der Waals surface area contributed by atoms with Crippen LogP contribution >= 0.6 is 23.2 Å². The average Bonchev–Trinajstić information content (AvgIpc) is 3.25. The fourth-order valence-corrected chi connectivity index (χ4v) is 3.20. The number of benzene rings is 1. The lowest BCUT2D eigenvalue weighted by Crippen LogP contribution is -2.48. The molecule has 0 unspecified atom stereocenters. The Kier molecular flexibility index (Phi) is 6.11. The Bertz CT molecular complexity index is 748. The summed E-state index contributed by atoms with van der Waals surface area (Å²) in [7, 11) is -3.25. The molecule has 2 amide bonds. The second-order valence-electron chi connectivity index (χ2n) is 5.85. The summed E-state index contributed by atoms with van der Waals surface area (Å²) < 4.78 is 22.7. The fourth-order valence-electron chi connectivity index (χ4n) is 2.04. The van der Waals surface area contributed by atoms with Crippen LogP contribution in [0.2, 0.25) is 10.0 Å². The summed E-state index contributed by atoms with van der Waals surface area (Å²) in [6.45, 7) is 0. The van der Waals surface area contributed by atoms with Gasteiger partial charge in [-0.1, -0.05) is 23.2 Å². The van der Waals surface area contributed by atoms with Crippen LogP contribution in [0.4, 0.5) is 0 Å². The first kappa shape index (κ1) is 19.0. The maximum Gasteiger partial charge on any atom is 0.253 e. The number of hydrogen-bond donors (Lipinski definition) is 2. The van der Waals surface area contributed by atoms with Crippen LogP contribution in [0.25, 0.3) is 0 Å². The Hall–Kier alpha value is -1.31. The zero-order valence-electron chi connectivity index (χ0n) is 13.0. The summed E-state index contributed by atoms with van der Waals surface area (Å²) in [6, 6.07) is 3.55. The molecule has 2 N–H and O–H groups in total. The number of sulfone groups is 1. The Labute approximate surface area is 150 Å². The van der Waals surface area contributed by atoms with Crippen LogP contribution in [0.15, 0.2) is 18.2 Å². The molecule has 1 atom stereocenters. The van der Waals surface area contributed by atoms with Crippen molar-refractivity contribution in [3.63, 3.8) is 0 Å². The van der Waals surface area contributed by atoms with Crippen LogP contribution in [0.5, 0.6) is 0 Å². The number of carbonyl (C=O) groups excluding carboxylic acids is 2. The van der Waals surface area contributed by atoms with Crippen molar-refractivity contribution in [2.75, 3.05) is 12.0 Å². The molecule has 0 bridgehead atoms. The smallest absolute Gasteiger partial charge is 0.253 e. The molecular weight excluding hydrogens is 375 g/mol. The molecule has 0 aromatic heterocycles. The van der Waals surface area contributed by atoms with Crippen molar-refractivity contribution >= 4 is 44.9 Å². The Morgan fingerprint density at radius 2 is 1.96 bits per heavy atom. The van der Waals surface area contributed by atoms with E-state index in [2.05, 4.69) is 10.6 Å². The first-order valence-corrected chi connectivity index (χ1v) is 10.2. The van der Waals surface area contributed by atoms with Gasteiger partial charge in [0.2, 0.25) is 5.91 Å². The molecular formula is C15H18Cl2N2O4S. The minimum atomic E-state index is -3.25. The normalized spacial score (nSPS) is 15.6. The van der Waals surface area contributed by atoms with Crippen LogP contribution < -0.4 is 10.6 Å². The van der Waals surface area contributed by atoms with Gasteiger partial charge in [0.25, 0.3) is 5.91 Å². The lowest BCUT2D eigenvalue weighted by atomic mass is 10.1. The lowest BCUT2D eigenvalue weighted by molar-refractivity contribution is -0.123. The van der Waals surface area contributed by atoms with Crippen LogP contribution in [-0.2, 0) is 14.6 Å². The van der Waals surface area contributed by atoms with Crippen molar-refractivity contribution in [3.8, 4) is 0 Å². The van der Waals surface area contributed by atoms with Crippen LogP contribution in [0.3, 0.4) is 0 Å². The molecule has 1 aromatic carbocycles. The predicted octanol–water partition coefficient (Wildman–Crippen LogP) is 1.81. The van der Waals surface area contributed by atoms with Crippen molar-refractivity contribution in [3.05, 3.63) is 33.8 Å². The highest BCUT2D eigenvalue weighted by atomic mass is 35.5. The third kappa shape index (κ3) is 5.96. The molecule has 0 heterocycles. The van der Waals surface area contributed by atoms with Gasteiger partial charge in [0.1, 0.15) is 15.9 Å². The fraction of sp³-hybridized carbons (Fsp3) is 0.467. The highest BCUT2D eigenvalue weighted by Crippen LogP contribution is 2.21. The van der Waals surface area contributed by atoms with E-state index in [1.54, 1.807) is 0 Å². The van der Waals surface area contributed by atoms with Crippen LogP contribution in [-0.4, -0.2) is 44.3 Å². The Morgan fingerprint density at radius 3 is 2.50 bits per heavy atom. The van der Waals surface area contributed by atoms with Crippen LogP contribution in [0.1, 0.15) is 29.6 Å². The van der Waals surface area contributed by atoms with E-state index in [0.29, 0.717) is 5.02 Å². The van der Waals surface area contributed by atoms with Gasteiger partial charge in [-0.2, -0.15) is 0 Å². The molecule has 1 fully saturated rings. The van der Waals surface area contributed by atoms with E-state index < -0.39 is 21.8 Å². The van der Waals surface area contributed by atoms with Gasteiger partial charge in [0.05, 0.1) is 16.3 Å². The predicted molar refractivity (Wildman–Crippen MR) is 93.2 cm³/mol. The van der Waals surface area contributed by atoms with E-state index in [4.69, 9.17) is 23.2 Å². The zero-order chi connectivity index (χ0) is 17.9. The molecule has 0 saturated heterocycles. The molecule has 1 aliphatic rings. The van der Waals surface area contributed by atoms with Gasteiger partial charge in [-0.15, -0.1) is 0 Å². The molecule has 1 saturated carbocycles. The number of rotatable bonds is 7. The molecule has 24 heavy (non-hydrogen) atoms. The van der Waals surface area contributed by atoms with E-state index in [1.807, 2.05) is 0 Å². The van der Waals surface area contributed by atoms with Gasteiger partial charge in [0, 0.05) is 17.3 Å². The Balaban J connectivity index is 2.10. The molecule has 132 valence electrons. The Morgan fingerprint density at radius 1 is 1.29 bits per heavy atom. The van der Waals surface area contributed by atoms with Crippen molar-refractivity contribution in [2.45, 2.75) is 31.3 Å². The third-order valence-electron chi connectivity index (χ3n) is 3.50. The maximum absolute atomic E-state index is 12.3. The minimum absolute atomic E-state index is 0.00562. The summed E-state index contributed by atoms with van der Waals surface area (Å²) in [5.74, 6) is -1.15. The van der Waals surface area contributed by atoms with E-state index >= 15 is 0 Å². The first-order valence-electron chi connectivity index (χ1n) is 7.40. The summed E-state index contributed by atoms with van der Waals surface area (Å²) >= 11 is 11.8. The number of amides is 2. The quantitative estimate of drug-likeness (QED) is 0.739. The average molecular weight is 393 g/mol. The first-order chi connectivity index (χ1) is 11.2. The summed E-state index contributed by atoms with van der Waals surface area (Å²) in [4.78, 5) is 24.6. The molecule has 2 rings (SSSR count). The van der Waals surface area contributed by atoms with Gasteiger partial charge >= 0.3 is 0 Å². The SMILES string of the molecule is CS(=O)(=O)CC[C@H](NC(=O)c1ccc(Cl)cc1Cl)C(=O)NC1CC1. The highest BCUT2D eigenvalue weighted by molar-refractivity contribution is 7.90. The maximum atomic E-state index is 12.3. The lowest BCUT2D eigenvalue weighted by Gasteiger charge is -2.18. The second kappa shape index (κ2) is 7.72. The van der Waals surface area contributed by atoms with E-state index in [0.717, 1.165) is 19.1 Å². The highest BCUT2D eigenvalue weighted by Gasteiger charge is 2.29. The van der Waals surface area contributed by atoms with Gasteiger partial charge < -0.3 is 10.6 Å². The number of halogens is 2. The topological polar surface area (TPSA) is 92.3 Å². The third-order valence-corrected chi connectivity index (χ3v) is 5.02. The van der Waals surface area contributed by atoms with Crippen molar-refractivity contribution < 1.29 is 18.0 Å². The van der Waals surface area contributed by atoms with Gasteiger partial charge in [-0.3, -0.25) is 9.59 Å². The van der Waals surface area contributed by atoms with Crippen molar-refractivity contribution in [1.82, 2.24) is 10.6 Å². The molecule has 0 radical (unpaired) electrons. The number of hydrogen-bond acceptors (Lipinski definition) is 4. The minimum Gasteiger partial charge on any atom is -0.352 e. The number of nitrogens with one attached hydrogen (secondary N) is 2. The molecule has 1 aliphatic carbocycles. The van der Waals surface area contributed by atoms with Gasteiger partial charge in [-0.05, 0) is 37.5 Å². The molecule has 1 aromatic rings. The van der Waals surface area contributed by atoms with E-state index in [9.17, 15) is 18.0 Å².